The van der Waals surface area contributed by atoms with Gasteiger partial charge in [0.2, 0.25) is 0 Å². The van der Waals surface area contributed by atoms with Crippen molar-refractivity contribution >= 4 is 0 Å². The first-order chi connectivity index (χ1) is 10.3. The van der Waals surface area contributed by atoms with Gasteiger partial charge in [0.1, 0.15) is 0 Å². The van der Waals surface area contributed by atoms with Crippen LogP contribution in [0, 0.1) is 11.8 Å². The van der Waals surface area contributed by atoms with Gasteiger partial charge in [0.15, 0.2) is 0 Å². The molecule has 2 nitrogen and oxygen atoms in total. The fraction of sp³-hybridized carbons (Fsp3) is 1.00. The van der Waals surface area contributed by atoms with Crippen molar-refractivity contribution in [2.24, 2.45) is 11.8 Å². The lowest BCUT2D eigenvalue weighted by Gasteiger charge is -2.32. The molecule has 1 aliphatic carbocycles. The maximum atomic E-state index is 9.55. The van der Waals surface area contributed by atoms with Gasteiger partial charge in [-0.05, 0) is 44.1 Å². The monoisotopic (exact) mass is 297 g/mol. The molecule has 0 spiro atoms. The second-order valence-electron chi connectivity index (χ2n) is 7.08. The van der Waals surface area contributed by atoms with E-state index in [0.29, 0.717) is 24.5 Å². The van der Waals surface area contributed by atoms with Gasteiger partial charge in [-0.25, -0.2) is 0 Å². The molecule has 2 atom stereocenters. The molecule has 1 saturated carbocycles. The Morgan fingerprint density at radius 3 is 2.00 bits per heavy atom. The van der Waals surface area contributed by atoms with Gasteiger partial charge in [-0.2, -0.15) is 0 Å². The van der Waals surface area contributed by atoms with Gasteiger partial charge in [0.05, 0.1) is 0 Å². The molecular weight excluding hydrogens is 258 g/mol. The average Bonchev–Trinajstić information content (AvgIpc) is 2.52. The number of aliphatic hydroxyl groups excluding tert-OH is 1. The largest absolute Gasteiger partial charge is 0.396 e. The number of unbranched alkanes of at least 4 members (excludes halogenated alkanes) is 4. The van der Waals surface area contributed by atoms with E-state index in [1.807, 2.05) is 0 Å². The standard InChI is InChI=1S/C19H39NO/c1-3-5-7-13-19(14-8-6-4-2)20-15-17-11-9-10-12-18(17)16-21/h17-21H,3-16H2,1-2H3. The molecule has 2 unspecified atom stereocenters. The molecule has 21 heavy (non-hydrogen) atoms. The Morgan fingerprint density at radius 2 is 1.48 bits per heavy atom. The van der Waals surface area contributed by atoms with Crippen molar-refractivity contribution in [3.05, 3.63) is 0 Å². The van der Waals surface area contributed by atoms with E-state index < -0.39 is 0 Å². The molecule has 0 heterocycles. The van der Waals surface area contributed by atoms with E-state index in [-0.39, 0.29) is 0 Å². The predicted octanol–water partition coefficient (Wildman–Crippen LogP) is 4.90. The molecule has 0 aromatic rings. The zero-order valence-corrected chi connectivity index (χ0v) is 14.6. The van der Waals surface area contributed by atoms with E-state index >= 15 is 0 Å². The van der Waals surface area contributed by atoms with Crippen LogP contribution in [0.4, 0.5) is 0 Å². The molecule has 1 fully saturated rings. The van der Waals surface area contributed by atoms with Crippen LogP contribution >= 0.6 is 0 Å². The maximum Gasteiger partial charge on any atom is 0.0462 e. The second kappa shape index (κ2) is 12.5. The molecule has 0 saturated heterocycles. The highest BCUT2D eigenvalue weighted by Crippen LogP contribution is 2.29. The van der Waals surface area contributed by atoms with Crippen LogP contribution in [0.1, 0.15) is 90.9 Å². The zero-order chi connectivity index (χ0) is 15.3. The summed E-state index contributed by atoms with van der Waals surface area (Å²) in [5, 5.41) is 13.4. The summed E-state index contributed by atoms with van der Waals surface area (Å²) < 4.78 is 0. The molecule has 2 heteroatoms. The summed E-state index contributed by atoms with van der Waals surface area (Å²) in [6, 6.07) is 0.712. The van der Waals surface area contributed by atoms with Crippen molar-refractivity contribution in [1.82, 2.24) is 5.32 Å². The van der Waals surface area contributed by atoms with Crippen LogP contribution in [0.25, 0.3) is 0 Å². The van der Waals surface area contributed by atoms with Gasteiger partial charge >= 0.3 is 0 Å². The summed E-state index contributed by atoms with van der Waals surface area (Å²) in [6.07, 6.45) is 16.0. The molecule has 2 N–H and O–H groups in total. The first-order valence-electron chi connectivity index (χ1n) is 9.66. The van der Waals surface area contributed by atoms with E-state index in [0.717, 1.165) is 6.54 Å². The molecule has 1 aliphatic rings. The number of nitrogens with one attached hydrogen (secondary N) is 1. The van der Waals surface area contributed by atoms with Crippen LogP contribution in [0.5, 0.6) is 0 Å². The van der Waals surface area contributed by atoms with Crippen molar-refractivity contribution in [2.75, 3.05) is 13.2 Å². The molecular formula is C19H39NO. The topological polar surface area (TPSA) is 32.3 Å². The Labute approximate surface area is 133 Å². The van der Waals surface area contributed by atoms with Gasteiger partial charge in [-0.3, -0.25) is 0 Å². The quantitative estimate of drug-likeness (QED) is 0.502. The SMILES string of the molecule is CCCCCC(CCCCC)NCC1CCCCC1CO. The fourth-order valence-corrected chi connectivity index (χ4v) is 3.74. The summed E-state index contributed by atoms with van der Waals surface area (Å²) in [7, 11) is 0. The molecule has 0 radical (unpaired) electrons. The van der Waals surface area contributed by atoms with Crippen molar-refractivity contribution < 1.29 is 5.11 Å². The van der Waals surface area contributed by atoms with E-state index in [1.165, 1.54) is 77.0 Å². The van der Waals surface area contributed by atoms with E-state index in [1.54, 1.807) is 0 Å². The maximum absolute atomic E-state index is 9.55. The minimum atomic E-state index is 0.392. The van der Waals surface area contributed by atoms with Gasteiger partial charge in [-0.15, -0.1) is 0 Å². The van der Waals surface area contributed by atoms with Crippen molar-refractivity contribution in [3.8, 4) is 0 Å². The van der Waals surface area contributed by atoms with Crippen LogP contribution in [0.2, 0.25) is 0 Å². The predicted molar refractivity (Wildman–Crippen MR) is 92.6 cm³/mol. The van der Waals surface area contributed by atoms with Gasteiger partial charge in [-0.1, -0.05) is 65.2 Å². The highest BCUT2D eigenvalue weighted by atomic mass is 16.3. The van der Waals surface area contributed by atoms with Crippen LogP contribution < -0.4 is 5.32 Å². The number of hydrogen-bond acceptors (Lipinski definition) is 2. The van der Waals surface area contributed by atoms with E-state index in [4.69, 9.17) is 0 Å². The first-order valence-corrected chi connectivity index (χ1v) is 9.66. The molecule has 1 rings (SSSR count). The lowest BCUT2D eigenvalue weighted by Crippen LogP contribution is -2.38. The van der Waals surface area contributed by atoms with Gasteiger partial charge in [0, 0.05) is 12.6 Å². The Hall–Kier alpha value is -0.0800. The molecule has 126 valence electrons. The van der Waals surface area contributed by atoms with Gasteiger partial charge in [0.25, 0.3) is 0 Å². The number of rotatable bonds is 12. The summed E-state index contributed by atoms with van der Waals surface area (Å²) in [6.45, 7) is 6.09. The molecule has 0 aromatic carbocycles. The molecule has 0 aliphatic heterocycles. The highest BCUT2D eigenvalue weighted by Gasteiger charge is 2.24. The van der Waals surface area contributed by atoms with Crippen LogP contribution in [-0.4, -0.2) is 24.3 Å². The Morgan fingerprint density at radius 1 is 0.905 bits per heavy atom. The third-order valence-electron chi connectivity index (χ3n) is 5.28. The molecule has 0 amide bonds. The normalized spacial score (nSPS) is 22.9. The fourth-order valence-electron chi connectivity index (χ4n) is 3.74. The Balaban J connectivity index is 2.31. The minimum Gasteiger partial charge on any atom is -0.396 e. The summed E-state index contributed by atoms with van der Waals surface area (Å²) in [5.74, 6) is 1.27. The van der Waals surface area contributed by atoms with Crippen molar-refractivity contribution in [3.63, 3.8) is 0 Å². The third-order valence-corrected chi connectivity index (χ3v) is 5.28. The zero-order valence-electron chi connectivity index (χ0n) is 14.6. The van der Waals surface area contributed by atoms with Crippen molar-refractivity contribution in [1.29, 1.82) is 0 Å². The third kappa shape index (κ3) is 8.21. The van der Waals surface area contributed by atoms with Crippen LogP contribution in [-0.2, 0) is 0 Å². The first kappa shape index (κ1) is 19.0. The molecule has 0 aromatic heterocycles. The summed E-state index contributed by atoms with van der Waals surface area (Å²) >= 11 is 0. The summed E-state index contributed by atoms with van der Waals surface area (Å²) in [4.78, 5) is 0. The summed E-state index contributed by atoms with van der Waals surface area (Å²) in [5.41, 5.74) is 0. The molecule has 0 bridgehead atoms. The Kier molecular flexibility index (Phi) is 11.3. The van der Waals surface area contributed by atoms with Gasteiger partial charge < -0.3 is 10.4 Å². The lowest BCUT2D eigenvalue weighted by atomic mass is 9.79. The lowest BCUT2D eigenvalue weighted by molar-refractivity contribution is 0.130. The highest BCUT2D eigenvalue weighted by molar-refractivity contribution is 4.78. The Bertz CT molecular complexity index is 222. The minimum absolute atomic E-state index is 0.392. The smallest absolute Gasteiger partial charge is 0.0462 e. The van der Waals surface area contributed by atoms with E-state index in [9.17, 15) is 5.11 Å². The second-order valence-corrected chi connectivity index (χ2v) is 7.08. The number of hydrogen-bond donors (Lipinski definition) is 2. The number of aliphatic hydroxyl groups is 1. The van der Waals surface area contributed by atoms with Crippen molar-refractivity contribution in [2.45, 2.75) is 96.9 Å². The van der Waals surface area contributed by atoms with Crippen LogP contribution in [0.3, 0.4) is 0 Å². The van der Waals surface area contributed by atoms with E-state index in [2.05, 4.69) is 19.2 Å². The van der Waals surface area contributed by atoms with Crippen LogP contribution in [0.15, 0.2) is 0 Å². The average molecular weight is 298 g/mol.